The molecular weight excluding hydrogens is 400 g/mol. The Morgan fingerprint density at radius 2 is 1.84 bits per heavy atom. The SMILES string of the molecule is O=C(NC[C@H](c1ccco1)N1CCc2ccccc21)C(=O)Nc1ccccc1[N+](=O)[O-]. The highest BCUT2D eigenvalue weighted by Gasteiger charge is 2.30. The van der Waals surface area contributed by atoms with Gasteiger partial charge < -0.3 is 20.0 Å². The molecule has 0 unspecified atom stereocenters. The van der Waals surface area contributed by atoms with E-state index < -0.39 is 16.7 Å². The highest BCUT2D eigenvalue weighted by molar-refractivity contribution is 6.39. The van der Waals surface area contributed by atoms with Crippen molar-refractivity contribution in [3.8, 4) is 0 Å². The van der Waals surface area contributed by atoms with Crippen LogP contribution in [0.2, 0.25) is 0 Å². The molecule has 1 aliphatic rings. The molecule has 1 atom stereocenters. The second-order valence-corrected chi connectivity index (χ2v) is 7.04. The van der Waals surface area contributed by atoms with Gasteiger partial charge in [-0.25, -0.2) is 0 Å². The first-order valence-corrected chi connectivity index (χ1v) is 9.75. The van der Waals surface area contributed by atoms with Gasteiger partial charge in [0, 0.05) is 24.8 Å². The molecule has 0 aliphatic carbocycles. The molecule has 0 saturated carbocycles. The van der Waals surface area contributed by atoms with E-state index >= 15 is 0 Å². The van der Waals surface area contributed by atoms with Crippen molar-refractivity contribution in [2.75, 3.05) is 23.3 Å². The summed E-state index contributed by atoms with van der Waals surface area (Å²) in [4.78, 5) is 37.4. The van der Waals surface area contributed by atoms with Crippen molar-refractivity contribution in [2.24, 2.45) is 0 Å². The fourth-order valence-corrected chi connectivity index (χ4v) is 3.72. The van der Waals surface area contributed by atoms with Crippen LogP contribution in [0, 0.1) is 10.1 Å². The van der Waals surface area contributed by atoms with Crippen LogP contribution in [0.3, 0.4) is 0 Å². The molecule has 0 spiro atoms. The Kier molecular flexibility index (Phi) is 5.65. The summed E-state index contributed by atoms with van der Waals surface area (Å²) in [5.74, 6) is -1.20. The maximum Gasteiger partial charge on any atom is 0.313 e. The van der Waals surface area contributed by atoms with Crippen molar-refractivity contribution in [1.82, 2.24) is 5.32 Å². The Bertz CT molecular complexity index is 1110. The molecule has 0 fully saturated rings. The van der Waals surface area contributed by atoms with Crippen LogP contribution in [-0.2, 0) is 16.0 Å². The molecule has 0 bridgehead atoms. The Hall–Kier alpha value is -4.14. The van der Waals surface area contributed by atoms with Gasteiger partial charge in [-0.15, -0.1) is 0 Å². The van der Waals surface area contributed by atoms with Crippen molar-refractivity contribution in [3.05, 3.63) is 88.4 Å². The number of carbonyl (C=O) groups excluding carboxylic acids is 2. The van der Waals surface area contributed by atoms with Gasteiger partial charge in [0.2, 0.25) is 0 Å². The van der Waals surface area contributed by atoms with E-state index in [0.717, 1.165) is 18.7 Å². The summed E-state index contributed by atoms with van der Waals surface area (Å²) in [5.41, 5.74) is 1.94. The Labute approximate surface area is 177 Å². The standard InChI is InChI=1S/C22H20N4O5/c27-21(22(28)24-16-7-2-4-9-18(16)26(29)30)23-14-19(20-10-5-13-31-20)25-12-11-15-6-1-3-8-17(15)25/h1-10,13,19H,11-12,14H2,(H,23,27)(H,24,28)/t19-/m1/s1. The number of carbonyl (C=O) groups is 2. The van der Waals surface area contributed by atoms with Crippen LogP contribution in [0.1, 0.15) is 17.4 Å². The molecule has 2 N–H and O–H groups in total. The van der Waals surface area contributed by atoms with Crippen LogP contribution < -0.4 is 15.5 Å². The molecule has 2 amide bonds. The van der Waals surface area contributed by atoms with E-state index in [0.29, 0.717) is 5.76 Å². The predicted molar refractivity (Wildman–Crippen MR) is 114 cm³/mol. The molecule has 158 valence electrons. The van der Waals surface area contributed by atoms with Gasteiger partial charge >= 0.3 is 11.8 Å². The third-order valence-electron chi connectivity index (χ3n) is 5.18. The van der Waals surface area contributed by atoms with Gasteiger partial charge in [-0.2, -0.15) is 0 Å². The van der Waals surface area contributed by atoms with E-state index in [1.54, 1.807) is 12.3 Å². The van der Waals surface area contributed by atoms with Gasteiger partial charge in [0.25, 0.3) is 5.69 Å². The summed E-state index contributed by atoms with van der Waals surface area (Å²) >= 11 is 0. The summed E-state index contributed by atoms with van der Waals surface area (Å²) in [6.07, 6.45) is 2.44. The third kappa shape index (κ3) is 4.25. The van der Waals surface area contributed by atoms with E-state index in [4.69, 9.17) is 4.42 Å². The average Bonchev–Trinajstić information content (AvgIpc) is 3.45. The summed E-state index contributed by atoms with van der Waals surface area (Å²) in [6.45, 7) is 0.883. The third-order valence-corrected chi connectivity index (χ3v) is 5.18. The maximum atomic E-state index is 12.4. The molecule has 1 aliphatic heterocycles. The molecule has 31 heavy (non-hydrogen) atoms. The van der Waals surface area contributed by atoms with Crippen LogP contribution >= 0.6 is 0 Å². The number of nitro groups is 1. The van der Waals surface area contributed by atoms with E-state index in [2.05, 4.69) is 21.6 Å². The molecule has 9 heteroatoms. The summed E-state index contributed by atoms with van der Waals surface area (Å²) in [6, 6.07) is 17.0. The minimum atomic E-state index is -0.977. The number of nitro benzene ring substituents is 1. The molecule has 1 aromatic heterocycles. The second-order valence-electron chi connectivity index (χ2n) is 7.04. The molecular formula is C22H20N4O5. The normalized spacial score (nSPS) is 13.4. The summed E-state index contributed by atoms with van der Waals surface area (Å²) in [7, 11) is 0. The minimum Gasteiger partial charge on any atom is -0.467 e. The lowest BCUT2D eigenvalue weighted by Crippen LogP contribution is -2.41. The average molecular weight is 420 g/mol. The zero-order chi connectivity index (χ0) is 21.8. The van der Waals surface area contributed by atoms with Crippen molar-refractivity contribution >= 4 is 28.9 Å². The second kappa shape index (κ2) is 8.70. The van der Waals surface area contributed by atoms with E-state index in [-0.39, 0.29) is 24.0 Å². The van der Waals surface area contributed by atoms with Crippen LogP contribution in [0.5, 0.6) is 0 Å². The molecule has 2 heterocycles. The number of amides is 2. The number of nitrogens with zero attached hydrogens (tertiary/aromatic N) is 2. The summed E-state index contributed by atoms with van der Waals surface area (Å²) < 4.78 is 5.59. The maximum absolute atomic E-state index is 12.4. The summed E-state index contributed by atoms with van der Waals surface area (Å²) in [5, 5.41) is 16.0. The van der Waals surface area contributed by atoms with E-state index in [1.165, 1.54) is 29.8 Å². The lowest BCUT2D eigenvalue weighted by atomic mass is 10.1. The van der Waals surface area contributed by atoms with Gasteiger partial charge in [-0.1, -0.05) is 30.3 Å². The first-order chi connectivity index (χ1) is 15.0. The molecule has 0 radical (unpaired) electrons. The quantitative estimate of drug-likeness (QED) is 0.360. The van der Waals surface area contributed by atoms with Crippen molar-refractivity contribution in [1.29, 1.82) is 0 Å². The number of hydrogen-bond acceptors (Lipinski definition) is 6. The Morgan fingerprint density at radius 3 is 2.61 bits per heavy atom. The van der Waals surface area contributed by atoms with Gasteiger partial charge in [0.05, 0.1) is 11.2 Å². The van der Waals surface area contributed by atoms with Gasteiger partial charge in [0.15, 0.2) is 0 Å². The largest absolute Gasteiger partial charge is 0.467 e. The van der Waals surface area contributed by atoms with Gasteiger partial charge in [-0.05, 0) is 36.2 Å². The number of nitrogens with one attached hydrogen (secondary N) is 2. The van der Waals surface area contributed by atoms with E-state index in [1.807, 2.05) is 24.3 Å². The number of para-hydroxylation sites is 3. The van der Waals surface area contributed by atoms with Crippen molar-refractivity contribution < 1.29 is 18.9 Å². The van der Waals surface area contributed by atoms with Crippen LogP contribution in [0.4, 0.5) is 17.1 Å². The fraction of sp³-hybridized carbons (Fsp3) is 0.182. The smallest absolute Gasteiger partial charge is 0.313 e. The topological polar surface area (TPSA) is 118 Å². The highest BCUT2D eigenvalue weighted by Crippen LogP contribution is 2.35. The Morgan fingerprint density at radius 1 is 1.06 bits per heavy atom. The first-order valence-electron chi connectivity index (χ1n) is 9.75. The first kappa shape index (κ1) is 20.1. The number of fused-ring (bicyclic) bond motifs is 1. The minimum absolute atomic E-state index is 0.0382. The van der Waals surface area contributed by atoms with Crippen molar-refractivity contribution in [3.63, 3.8) is 0 Å². The number of anilines is 2. The van der Waals surface area contributed by atoms with Crippen molar-refractivity contribution in [2.45, 2.75) is 12.5 Å². The molecule has 4 rings (SSSR count). The van der Waals surface area contributed by atoms with Crippen LogP contribution in [0.25, 0.3) is 0 Å². The van der Waals surface area contributed by atoms with Crippen LogP contribution in [-0.4, -0.2) is 29.8 Å². The molecule has 2 aromatic carbocycles. The highest BCUT2D eigenvalue weighted by atomic mass is 16.6. The number of hydrogen-bond donors (Lipinski definition) is 2. The van der Waals surface area contributed by atoms with E-state index in [9.17, 15) is 19.7 Å². The number of rotatable bonds is 6. The Balaban J connectivity index is 1.46. The zero-order valence-corrected chi connectivity index (χ0v) is 16.5. The molecule has 3 aromatic rings. The lowest BCUT2D eigenvalue weighted by Gasteiger charge is -2.29. The molecule has 0 saturated heterocycles. The van der Waals surface area contributed by atoms with Crippen LogP contribution in [0.15, 0.2) is 71.3 Å². The fourth-order valence-electron chi connectivity index (χ4n) is 3.72. The number of furan rings is 1. The van der Waals surface area contributed by atoms with Gasteiger partial charge in [-0.3, -0.25) is 19.7 Å². The number of benzene rings is 2. The zero-order valence-electron chi connectivity index (χ0n) is 16.5. The monoisotopic (exact) mass is 420 g/mol. The lowest BCUT2D eigenvalue weighted by molar-refractivity contribution is -0.383. The van der Waals surface area contributed by atoms with Gasteiger partial charge in [0.1, 0.15) is 17.5 Å². The molecule has 9 nitrogen and oxygen atoms in total. The predicted octanol–water partition coefficient (Wildman–Crippen LogP) is 3.05.